The Hall–Kier alpha value is -3.00. The maximum atomic E-state index is 14.3. The SMILES string of the molecule is CCCc1c(F)cc(-c2ccc(-c3ccc(OC(F)(F)C(F)=C(F)F)cc3)c(Cl)c2)cc1F. The Labute approximate surface area is 190 Å². The van der Waals surface area contributed by atoms with Gasteiger partial charge in [-0.1, -0.05) is 49.2 Å². The van der Waals surface area contributed by atoms with Crippen LogP contribution in [0, 0.1) is 11.6 Å². The fourth-order valence-corrected chi connectivity index (χ4v) is 3.48. The largest absolute Gasteiger partial charge is 0.459 e. The first kappa shape index (κ1) is 24.6. The third-order valence-electron chi connectivity index (χ3n) is 4.78. The van der Waals surface area contributed by atoms with E-state index in [-0.39, 0.29) is 17.0 Å². The molecule has 0 saturated carbocycles. The molecule has 0 heterocycles. The summed E-state index contributed by atoms with van der Waals surface area (Å²) < 4.78 is 96.4. The molecule has 0 aliphatic carbocycles. The van der Waals surface area contributed by atoms with E-state index < -0.39 is 35.4 Å². The van der Waals surface area contributed by atoms with E-state index in [0.29, 0.717) is 28.7 Å². The minimum Gasteiger partial charge on any atom is -0.427 e. The van der Waals surface area contributed by atoms with Gasteiger partial charge >= 0.3 is 12.2 Å². The lowest BCUT2D eigenvalue weighted by molar-refractivity contribution is -0.159. The van der Waals surface area contributed by atoms with E-state index in [1.54, 1.807) is 12.1 Å². The summed E-state index contributed by atoms with van der Waals surface area (Å²) in [5, 5.41) is 0.207. The molecule has 9 heteroatoms. The molecular formula is C24H16ClF7O. The Morgan fingerprint density at radius 3 is 1.94 bits per heavy atom. The fourth-order valence-electron chi connectivity index (χ4n) is 3.19. The van der Waals surface area contributed by atoms with Gasteiger partial charge in [0.05, 0.1) is 0 Å². The Balaban J connectivity index is 1.86. The number of alkyl halides is 2. The monoisotopic (exact) mass is 488 g/mol. The molecule has 33 heavy (non-hydrogen) atoms. The van der Waals surface area contributed by atoms with Gasteiger partial charge in [0.25, 0.3) is 5.83 Å². The molecule has 0 spiro atoms. The molecule has 0 amide bonds. The highest BCUT2D eigenvalue weighted by molar-refractivity contribution is 6.33. The molecule has 0 atom stereocenters. The number of benzene rings is 3. The van der Waals surface area contributed by atoms with E-state index in [0.717, 1.165) is 12.1 Å². The highest BCUT2D eigenvalue weighted by atomic mass is 35.5. The van der Waals surface area contributed by atoms with Gasteiger partial charge in [-0.05, 0) is 53.4 Å². The normalized spacial score (nSPS) is 11.4. The topological polar surface area (TPSA) is 9.23 Å². The van der Waals surface area contributed by atoms with Crippen molar-refractivity contribution in [2.24, 2.45) is 0 Å². The van der Waals surface area contributed by atoms with Gasteiger partial charge in [0.2, 0.25) is 0 Å². The van der Waals surface area contributed by atoms with Crippen molar-refractivity contribution in [1.29, 1.82) is 0 Å². The van der Waals surface area contributed by atoms with Crippen LogP contribution in [0.15, 0.2) is 66.5 Å². The van der Waals surface area contributed by atoms with E-state index in [2.05, 4.69) is 4.74 Å². The van der Waals surface area contributed by atoms with Gasteiger partial charge in [-0.25, -0.2) is 8.78 Å². The van der Waals surface area contributed by atoms with Crippen LogP contribution < -0.4 is 4.74 Å². The number of ether oxygens (including phenoxy) is 1. The van der Waals surface area contributed by atoms with Crippen LogP contribution in [0.3, 0.4) is 0 Å². The summed E-state index contributed by atoms with van der Waals surface area (Å²) in [5.41, 5.74) is 1.68. The molecule has 3 aromatic rings. The second-order valence-electron chi connectivity index (χ2n) is 7.08. The minimum atomic E-state index is -4.82. The van der Waals surface area contributed by atoms with Gasteiger partial charge in [0, 0.05) is 16.1 Å². The quantitative estimate of drug-likeness (QED) is 0.302. The number of halogens is 8. The number of hydrogen-bond acceptors (Lipinski definition) is 1. The summed E-state index contributed by atoms with van der Waals surface area (Å²) in [6.07, 6.45) is -7.14. The van der Waals surface area contributed by atoms with E-state index in [1.165, 1.54) is 30.3 Å². The van der Waals surface area contributed by atoms with E-state index in [9.17, 15) is 30.7 Å². The maximum Gasteiger partial charge on any atom is 0.459 e. The predicted molar refractivity (Wildman–Crippen MR) is 112 cm³/mol. The first-order valence-corrected chi connectivity index (χ1v) is 10.1. The lowest BCUT2D eigenvalue weighted by atomic mass is 9.98. The molecule has 0 aromatic heterocycles. The Morgan fingerprint density at radius 2 is 1.42 bits per heavy atom. The highest BCUT2D eigenvalue weighted by Gasteiger charge is 2.42. The highest BCUT2D eigenvalue weighted by Crippen LogP contribution is 2.36. The molecule has 3 aromatic carbocycles. The molecule has 3 rings (SSSR count). The van der Waals surface area contributed by atoms with Gasteiger partial charge in [-0.3, -0.25) is 0 Å². The molecule has 1 nitrogen and oxygen atoms in total. The fraction of sp³-hybridized carbons (Fsp3) is 0.167. The second-order valence-corrected chi connectivity index (χ2v) is 7.49. The number of hydrogen-bond donors (Lipinski definition) is 0. The number of rotatable bonds is 7. The van der Waals surface area contributed by atoms with Crippen LogP contribution in [0.5, 0.6) is 5.75 Å². The van der Waals surface area contributed by atoms with Gasteiger partial charge in [0.15, 0.2) is 0 Å². The standard InChI is InChI=1S/C24H16ClF7O/c1-2-3-18-20(26)11-15(12-21(18)27)14-6-9-17(19(25)10-14)13-4-7-16(8-5-13)33-24(31,32)22(28)23(29)30/h4-12H,2-3H2,1H3. The summed E-state index contributed by atoms with van der Waals surface area (Å²) in [6.45, 7) is 1.81. The molecule has 0 saturated heterocycles. The predicted octanol–water partition coefficient (Wildman–Crippen LogP) is 8.95. The summed E-state index contributed by atoms with van der Waals surface area (Å²) in [6, 6.07) is 11.8. The third-order valence-corrected chi connectivity index (χ3v) is 5.09. The van der Waals surface area contributed by atoms with E-state index in [4.69, 9.17) is 11.6 Å². The van der Waals surface area contributed by atoms with E-state index >= 15 is 0 Å². The molecule has 0 N–H and O–H groups in total. The molecule has 0 bridgehead atoms. The van der Waals surface area contributed by atoms with Crippen LogP contribution >= 0.6 is 11.6 Å². The Morgan fingerprint density at radius 1 is 0.848 bits per heavy atom. The van der Waals surface area contributed by atoms with Crippen LogP contribution in [0.4, 0.5) is 30.7 Å². The van der Waals surface area contributed by atoms with Crippen molar-refractivity contribution in [1.82, 2.24) is 0 Å². The van der Waals surface area contributed by atoms with E-state index in [1.807, 2.05) is 6.92 Å². The lowest BCUT2D eigenvalue weighted by Gasteiger charge is -2.16. The van der Waals surface area contributed by atoms with Crippen molar-refractivity contribution in [3.05, 3.63) is 88.7 Å². The smallest absolute Gasteiger partial charge is 0.427 e. The maximum absolute atomic E-state index is 14.3. The molecular weight excluding hydrogens is 473 g/mol. The summed E-state index contributed by atoms with van der Waals surface area (Å²) >= 11 is 6.32. The summed E-state index contributed by atoms with van der Waals surface area (Å²) in [5.74, 6) is -4.83. The van der Waals surface area contributed by atoms with Crippen LogP contribution in [0.25, 0.3) is 22.3 Å². The van der Waals surface area contributed by atoms with Crippen molar-refractivity contribution in [3.63, 3.8) is 0 Å². The molecule has 0 unspecified atom stereocenters. The van der Waals surface area contributed by atoms with Crippen LogP contribution in [0.1, 0.15) is 18.9 Å². The van der Waals surface area contributed by atoms with Crippen molar-refractivity contribution in [2.45, 2.75) is 25.9 Å². The zero-order valence-corrected chi connectivity index (χ0v) is 17.8. The van der Waals surface area contributed by atoms with Gasteiger partial charge in [-0.15, -0.1) is 0 Å². The first-order chi connectivity index (χ1) is 15.5. The lowest BCUT2D eigenvalue weighted by Crippen LogP contribution is -2.26. The van der Waals surface area contributed by atoms with Gasteiger partial charge in [0.1, 0.15) is 17.4 Å². The van der Waals surface area contributed by atoms with Crippen molar-refractivity contribution >= 4 is 11.6 Å². The van der Waals surface area contributed by atoms with Gasteiger partial charge < -0.3 is 4.74 Å². The Kier molecular flexibility index (Phi) is 7.37. The molecule has 0 aliphatic rings. The summed E-state index contributed by atoms with van der Waals surface area (Å²) in [7, 11) is 0. The molecule has 174 valence electrons. The zero-order valence-electron chi connectivity index (χ0n) is 17.0. The van der Waals surface area contributed by atoms with Crippen molar-refractivity contribution in [2.75, 3.05) is 0 Å². The van der Waals surface area contributed by atoms with Crippen LogP contribution in [-0.2, 0) is 6.42 Å². The molecule has 0 radical (unpaired) electrons. The molecule has 0 fully saturated rings. The first-order valence-electron chi connectivity index (χ1n) is 9.69. The third kappa shape index (κ3) is 5.50. The average molecular weight is 489 g/mol. The van der Waals surface area contributed by atoms with Crippen molar-refractivity contribution in [3.8, 4) is 28.0 Å². The minimum absolute atomic E-state index is 0.0153. The zero-order chi connectivity index (χ0) is 24.3. The molecule has 0 aliphatic heterocycles. The van der Waals surface area contributed by atoms with Gasteiger partial charge in [-0.2, -0.15) is 22.0 Å². The summed E-state index contributed by atoms with van der Waals surface area (Å²) in [4.78, 5) is 0. The van der Waals surface area contributed by atoms with Crippen molar-refractivity contribution < 1.29 is 35.5 Å². The second kappa shape index (κ2) is 9.87. The Bertz CT molecular complexity index is 1160. The van der Waals surface area contributed by atoms with Crippen LogP contribution in [-0.4, -0.2) is 6.11 Å². The van der Waals surface area contributed by atoms with Crippen LogP contribution in [0.2, 0.25) is 5.02 Å². The average Bonchev–Trinajstić information content (AvgIpc) is 2.76.